The summed E-state index contributed by atoms with van der Waals surface area (Å²) in [5, 5.41) is 9.20. The number of hydrogen-bond acceptors (Lipinski definition) is 4. The van der Waals surface area contributed by atoms with Crippen molar-refractivity contribution < 1.29 is 4.39 Å². The molecule has 5 rings (SSSR count). The topological polar surface area (TPSA) is 47.1 Å². The molecule has 1 aliphatic rings. The summed E-state index contributed by atoms with van der Waals surface area (Å²) < 4.78 is 17.8. The minimum absolute atomic E-state index is 0.333. The van der Waals surface area contributed by atoms with E-state index in [0.717, 1.165) is 29.0 Å². The van der Waals surface area contributed by atoms with E-state index in [1.165, 1.54) is 23.8 Å². The number of halogens is 1. The van der Waals surface area contributed by atoms with Crippen LogP contribution < -0.4 is 5.32 Å². The Hall–Kier alpha value is -2.25. The van der Waals surface area contributed by atoms with Crippen molar-refractivity contribution in [3.8, 4) is 5.69 Å². The van der Waals surface area contributed by atoms with Gasteiger partial charge in [0, 0.05) is 34.9 Å². The van der Waals surface area contributed by atoms with Gasteiger partial charge in [-0.2, -0.15) is 5.10 Å². The minimum Gasteiger partial charge on any atom is -0.317 e. The number of aryl methyl sites for hydroxylation is 1. The Kier molecular flexibility index (Phi) is 4.97. The average Bonchev–Trinajstić information content (AvgIpc) is 3.36. The van der Waals surface area contributed by atoms with Gasteiger partial charge in [-0.25, -0.2) is 14.1 Å². The second kappa shape index (κ2) is 7.40. The van der Waals surface area contributed by atoms with Crippen LogP contribution in [-0.4, -0.2) is 32.3 Å². The summed E-state index contributed by atoms with van der Waals surface area (Å²) in [5.74, 6) is 0.302. The molecule has 7 heteroatoms. The molecule has 0 bridgehead atoms. The van der Waals surface area contributed by atoms with Gasteiger partial charge >= 0.3 is 0 Å². The van der Waals surface area contributed by atoms with Crippen LogP contribution >= 0.6 is 11.3 Å². The Labute approximate surface area is 161 Å². The Bertz CT molecular complexity index is 1040. The van der Waals surface area contributed by atoms with Crippen LogP contribution in [0.1, 0.15) is 43.2 Å². The van der Waals surface area contributed by atoms with Gasteiger partial charge in [0.2, 0.25) is 0 Å². The van der Waals surface area contributed by atoms with E-state index in [1.54, 1.807) is 20.4 Å². The largest absolute Gasteiger partial charge is 0.317 e. The van der Waals surface area contributed by atoms with Gasteiger partial charge in [0.1, 0.15) is 4.83 Å². The Balaban J connectivity index is 0.000000872. The molecule has 1 fully saturated rings. The van der Waals surface area contributed by atoms with E-state index in [9.17, 15) is 4.39 Å². The first-order valence-electron chi connectivity index (χ1n) is 9.52. The number of nitrogens with one attached hydrogen (secondary N) is 1. The number of piperidine rings is 1. The number of fused-ring (bicyclic) bond motifs is 2. The second-order valence-corrected chi connectivity index (χ2v) is 7.73. The Morgan fingerprint density at radius 1 is 1.15 bits per heavy atom. The molecule has 5 heterocycles. The first kappa shape index (κ1) is 18.1. The molecule has 0 aromatic carbocycles. The number of imidazole rings is 1. The maximum Gasteiger partial charge on any atom is 0.173 e. The third kappa shape index (κ3) is 3.37. The van der Waals surface area contributed by atoms with E-state index in [2.05, 4.69) is 21.5 Å². The molecule has 142 valence electrons. The fourth-order valence-electron chi connectivity index (χ4n) is 3.57. The molecule has 0 unspecified atom stereocenters. The van der Waals surface area contributed by atoms with Gasteiger partial charge in [-0.3, -0.25) is 0 Å². The summed E-state index contributed by atoms with van der Waals surface area (Å²) >= 11 is 1.76. The molecule has 0 amide bonds. The monoisotopic (exact) mass is 385 g/mol. The van der Waals surface area contributed by atoms with Crippen molar-refractivity contribution in [3.63, 3.8) is 0 Å². The van der Waals surface area contributed by atoms with Gasteiger partial charge in [-0.05, 0) is 44.8 Å². The van der Waals surface area contributed by atoms with E-state index in [4.69, 9.17) is 0 Å². The van der Waals surface area contributed by atoms with Gasteiger partial charge < -0.3 is 9.72 Å². The zero-order chi connectivity index (χ0) is 19.0. The lowest BCUT2D eigenvalue weighted by molar-refractivity contribution is 0.465. The lowest BCUT2D eigenvalue weighted by Crippen LogP contribution is -2.26. The maximum absolute atomic E-state index is 14.3. The van der Waals surface area contributed by atoms with E-state index >= 15 is 0 Å². The highest BCUT2D eigenvalue weighted by Gasteiger charge is 2.19. The van der Waals surface area contributed by atoms with E-state index < -0.39 is 0 Å². The molecule has 1 saturated heterocycles. The van der Waals surface area contributed by atoms with Crippen LogP contribution in [0.2, 0.25) is 0 Å². The Morgan fingerprint density at radius 3 is 2.67 bits per heavy atom. The van der Waals surface area contributed by atoms with Crippen LogP contribution in [0.3, 0.4) is 0 Å². The standard InChI is InChI=1S/C18H18FN5S.C2H6/c1-11-8-23-10-14(7-15(19)17(23)21-11)24-9-13-6-16(25-18(13)22-24)12-2-4-20-5-3-12;1-2/h6-10,12,20H,2-5H2,1H3;1-2H3. The predicted molar refractivity (Wildman–Crippen MR) is 109 cm³/mol. The fourth-order valence-corrected chi connectivity index (χ4v) is 4.74. The predicted octanol–water partition coefficient (Wildman–Crippen LogP) is 4.68. The van der Waals surface area contributed by atoms with Crippen molar-refractivity contribution >= 4 is 27.2 Å². The fraction of sp³-hybridized carbons (Fsp3) is 0.400. The quantitative estimate of drug-likeness (QED) is 0.545. The van der Waals surface area contributed by atoms with Crippen molar-refractivity contribution in [2.45, 2.75) is 39.5 Å². The smallest absolute Gasteiger partial charge is 0.173 e. The first-order chi connectivity index (χ1) is 13.2. The van der Waals surface area contributed by atoms with Crippen molar-refractivity contribution in [3.05, 3.63) is 47.1 Å². The minimum atomic E-state index is -0.333. The van der Waals surface area contributed by atoms with E-state index in [1.807, 2.05) is 39.4 Å². The molecule has 1 aliphatic heterocycles. The summed E-state index contributed by atoms with van der Waals surface area (Å²) in [4.78, 5) is 6.62. The van der Waals surface area contributed by atoms with Crippen LogP contribution in [0.15, 0.2) is 30.7 Å². The number of rotatable bonds is 2. The molecule has 5 nitrogen and oxygen atoms in total. The first-order valence-corrected chi connectivity index (χ1v) is 10.3. The highest BCUT2D eigenvalue weighted by molar-refractivity contribution is 7.18. The molecule has 27 heavy (non-hydrogen) atoms. The molecular formula is C20H24FN5S. The molecular weight excluding hydrogens is 361 g/mol. The van der Waals surface area contributed by atoms with E-state index in [-0.39, 0.29) is 5.82 Å². The molecule has 0 radical (unpaired) electrons. The van der Waals surface area contributed by atoms with Crippen LogP contribution in [0.5, 0.6) is 0 Å². The number of hydrogen-bond donors (Lipinski definition) is 1. The van der Waals surface area contributed by atoms with Gasteiger partial charge in [-0.15, -0.1) is 11.3 Å². The number of aromatic nitrogens is 4. The third-order valence-electron chi connectivity index (χ3n) is 4.84. The summed E-state index contributed by atoms with van der Waals surface area (Å²) in [6.07, 6.45) is 8.04. The summed E-state index contributed by atoms with van der Waals surface area (Å²) in [7, 11) is 0. The van der Waals surface area contributed by atoms with Gasteiger partial charge in [0.05, 0.1) is 11.4 Å². The molecule has 1 N–H and O–H groups in total. The van der Waals surface area contributed by atoms with Crippen LogP contribution in [0.25, 0.3) is 21.6 Å². The van der Waals surface area contributed by atoms with Gasteiger partial charge in [0.15, 0.2) is 11.5 Å². The van der Waals surface area contributed by atoms with Crippen molar-refractivity contribution in [1.29, 1.82) is 0 Å². The summed E-state index contributed by atoms with van der Waals surface area (Å²) in [6.45, 7) is 8.03. The maximum atomic E-state index is 14.3. The SMILES string of the molecule is CC.Cc1cn2cc(-n3cc4cc(C5CCNCC5)sc4n3)cc(F)c2n1. The van der Waals surface area contributed by atoms with Crippen molar-refractivity contribution in [1.82, 2.24) is 24.5 Å². The Morgan fingerprint density at radius 2 is 1.93 bits per heavy atom. The number of nitrogens with zero attached hydrogens (tertiary/aromatic N) is 4. The summed E-state index contributed by atoms with van der Waals surface area (Å²) in [6, 6.07) is 3.74. The van der Waals surface area contributed by atoms with Crippen LogP contribution in [0, 0.1) is 12.7 Å². The third-order valence-corrected chi connectivity index (χ3v) is 6.04. The highest BCUT2D eigenvalue weighted by Crippen LogP contribution is 2.35. The summed E-state index contributed by atoms with van der Waals surface area (Å²) in [5.41, 5.74) is 1.85. The van der Waals surface area contributed by atoms with Crippen molar-refractivity contribution in [2.75, 3.05) is 13.1 Å². The average molecular weight is 386 g/mol. The number of thiophene rings is 1. The van der Waals surface area contributed by atoms with Crippen LogP contribution in [0.4, 0.5) is 4.39 Å². The molecule has 0 saturated carbocycles. The lowest BCUT2D eigenvalue weighted by Gasteiger charge is -2.21. The highest BCUT2D eigenvalue weighted by atomic mass is 32.1. The van der Waals surface area contributed by atoms with Crippen LogP contribution in [-0.2, 0) is 0 Å². The molecule has 0 spiro atoms. The second-order valence-electron chi connectivity index (χ2n) is 6.67. The normalized spacial score (nSPS) is 15.3. The van der Waals surface area contributed by atoms with Crippen molar-refractivity contribution in [2.24, 2.45) is 0 Å². The zero-order valence-electron chi connectivity index (χ0n) is 15.9. The zero-order valence-corrected chi connectivity index (χ0v) is 16.7. The molecule has 4 aromatic rings. The lowest BCUT2D eigenvalue weighted by atomic mass is 9.96. The molecule has 0 aliphatic carbocycles. The molecule has 0 atom stereocenters. The molecule has 4 aromatic heterocycles. The van der Waals surface area contributed by atoms with Gasteiger partial charge in [0.25, 0.3) is 0 Å². The van der Waals surface area contributed by atoms with Gasteiger partial charge in [-0.1, -0.05) is 13.8 Å². The van der Waals surface area contributed by atoms with E-state index in [0.29, 0.717) is 17.3 Å². The number of pyridine rings is 1.